The van der Waals surface area contributed by atoms with E-state index in [0.717, 1.165) is 23.6 Å². The predicted octanol–water partition coefficient (Wildman–Crippen LogP) is 3.73. The van der Waals surface area contributed by atoms with Gasteiger partial charge in [-0.2, -0.15) is 0 Å². The van der Waals surface area contributed by atoms with Crippen molar-refractivity contribution in [3.8, 4) is 5.69 Å². The van der Waals surface area contributed by atoms with Crippen molar-refractivity contribution in [1.29, 1.82) is 0 Å². The maximum atomic E-state index is 12.7. The molecule has 2 heterocycles. The fraction of sp³-hybridized carbons (Fsp3) is 0.263. The Kier molecular flexibility index (Phi) is 3.49. The molecule has 0 amide bonds. The lowest BCUT2D eigenvalue weighted by Gasteiger charge is -2.21. The number of carbonyl (C=O) groups is 1. The first-order valence-electron chi connectivity index (χ1n) is 8.10. The van der Waals surface area contributed by atoms with Crippen LogP contribution in [0.25, 0.3) is 5.69 Å². The first-order chi connectivity index (χ1) is 11.7. The van der Waals surface area contributed by atoms with Crippen molar-refractivity contribution >= 4 is 11.6 Å². The Labute approximate surface area is 140 Å². The van der Waals surface area contributed by atoms with Crippen molar-refractivity contribution in [2.24, 2.45) is 0 Å². The highest BCUT2D eigenvalue weighted by Crippen LogP contribution is 2.37. The van der Waals surface area contributed by atoms with E-state index in [4.69, 9.17) is 4.42 Å². The average Bonchev–Trinajstić information content (AvgIpc) is 3.23. The molecule has 1 N–H and O–H groups in total. The van der Waals surface area contributed by atoms with Gasteiger partial charge in [0.1, 0.15) is 5.76 Å². The van der Waals surface area contributed by atoms with Crippen molar-refractivity contribution in [3.05, 3.63) is 65.2 Å². The van der Waals surface area contributed by atoms with Crippen LogP contribution in [0.5, 0.6) is 0 Å². The topological polar surface area (TPSA) is 60.1 Å². The van der Waals surface area contributed by atoms with Gasteiger partial charge >= 0.3 is 0 Å². The molecule has 122 valence electrons. The highest BCUT2D eigenvalue weighted by Gasteiger charge is 2.34. The van der Waals surface area contributed by atoms with Crippen LogP contribution in [0.15, 0.2) is 47.1 Å². The van der Waals surface area contributed by atoms with E-state index in [9.17, 15) is 4.79 Å². The Bertz CT molecular complexity index is 876. The van der Waals surface area contributed by atoms with E-state index in [2.05, 4.69) is 29.5 Å². The molecule has 2 aromatic heterocycles. The number of furan rings is 1. The van der Waals surface area contributed by atoms with Crippen molar-refractivity contribution in [2.45, 2.75) is 25.7 Å². The molecule has 4 rings (SSSR count). The lowest BCUT2D eigenvalue weighted by molar-refractivity contribution is 0.0960. The van der Waals surface area contributed by atoms with Crippen molar-refractivity contribution < 1.29 is 9.21 Å². The number of aromatic nitrogens is 2. The summed E-state index contributed by atoms with van der Waals surface area (Å²) >= 11 is 0. The molecule has 1 atom stereocenters. The molecule has 1 aliphatic rings. The van der Waals surface area contributed by atoms with Crippen LogP contribution >= 0.6 is 0 Å². The molecule has 0 spiro atoms. The van der Waals surface area contributed by atoms with Crippen molar-refractivity contribution in [2.75, 3.05) is 12.4 Å². The monoisotopic (exact) mass is 321 g/mol. The third kappa shape index (κ3) is 2.33. The van der Waals surface area contributed by atoms with Gasteiger partial charge in [0.15, 0.2) is 11.6 Å². The summed E-state index contributed by atoms with van der Waals surface area (Å²) in [4.78, 5) is 12.7. The van der Waals surface area contributed by atoms with E-state index >= 15 is 0 Å². The molecule has 0 aliphatic heterocycles. The number of rotatable bonds is 3. The Morgan fingerprint density at radius 1 is 1.21 bits per heavy atom. The minimum Gasteiger partial charge on any atom is -0.469 e. The van der Waals surface area contributed by atoms with Gasteiger partial charge in [-0.25, -0.2) is 4.68 Å². The zero-order valence-corrected chi connectivity index (χ0v) is 13.7. The lowest BCUT2D eigenvalue weighted by Crippen LogP contribution is -2.20. The SMILES string of the molecule is CNc1nn(-c2ccc(C)cc2)c2c1C(=O)C[C@@H](c1ccco1)C2. The second kappa shape index (κ2) is 5.67. The summed E-state index contributed by atoms with van der Waals surface area (Å²) in [5, 5.41) is 7.69. The van der Waals surface area contributed by atoms with Gasteiger partial charge in [0, 0.05) is 25.8 Å². The van der Waals surface area contributed by atoms with Crippen molar-refractivity contribution in [1.82, 2.24) is 9.78 Å². The van der Waals surface area contributed by atoms with Crippen LogP contribution in [0.4, 0.5) is 5.82 Å². The number of ketones is 1. The van der Waals surface area contributed by atoms with Crippen LogP contribution in [0.2, 0.25) is 0 Å². The van der Waals surface area contributed by atoms with Gasteiger partial charge in [0.2, 0.25) is 0 Å². The fourth-order valence-electron chi connectivity index (χ4n) is 3.37. The molecule has 0 fully saturated rings. The first-order valence-corrected chi connectivity index (χ1v) is 8.10. The van der Waals surface area contributed by atoms with Crippen LogP contribution in [-0.4, -0.2) is 22.6 Å². The Hall–Kier alpha value is -2.82. The predicted molar refractivity (Wildman–Crippen MR) is 91.9 cm³/mol. The molecule has 0 radical (unpaired) electrons. The second-order valence-electron chi connectivity index (χ2n) is 6.21. The normalized spacial score (nSPS) is 16.9. The summed E-state index contributed by atoms with van der Waals surface area (Å²) in [7, 11) is 1.80. The summed E-state index contributed by atoms with van der Waals surface area (Å²) in [5.74, 6) is 1.68. The fourth-order valence-corrected chi connectivity index (χ4v) is 3.37. The maximum absolute atomic E-state index is 12.7. The second-order valence-corrected chi connectivity index (χ2v) is 6.21. The molecule has 5 nitrogen and oxygen atoms in total. The van der Waals surface area contributed by atoms with E-state index in [1.807, 2.05) is 28.9 Å². The number of fused-ring (bicyclic) bond motifs is 1. The number of nitrogens with zero attached hydrogens (tertiary/aromatic N) is 2. The minimum atomic E-state index is 0.0607. The molecule has 24 heavy (non-hydrogen) atoms. The number of nitrogens with one attached hydrogen (secondary N) is 1. The highest BCUT2D eigenvalue weighted by molar-refractivity contribution is 6.03. The number of aryl methyl sites for hydroxylation is 1. The summed E-state index contributed by atoms with van der Waals surface area (Å²) in [5.41, 5.74) is 3.81. The molecular formula is C19H19N3O2. The summed E-state index contributed by atoms with van der Waals surface area (Å²) in [6, 6.07) is 12.0. The number of Topliss-reactive ketones (excluding diaryl/α,β-unsaturated/α-hetero) is 1. The first kappa shape index (κ1) is 14.8. The highest BCUT2D eigenvalue weighted by atomic mass is 16.3. The van der Waals surface area contributed by atoms with Gasteiger partial charge < -0.3 is 9.73 Å². The average molecular weight is 321 g/mol. The van der Waals surface area contributed by atoms with E-state index in [-0.39, 0.29) is 11.7 Å². The molecule has 3 aromatic rings. The van der Waals surface area contributed by atoms with E-state index in [0.29, 0.717) is 17.8 Å². The van der Waals surface area contributed by atoms with E-state index in [1.165, 1.54) is 5.56 Å². The van der Waals surface area contributed by atoms with Crippen molar-refractivity contribution in [3.63, 3.8) is 0 Å². The molecule has 0 saturated carbocycles. The molecule has 0 unspecified atom stereocenters. The number of carbonyl (C=O) groups excluding carboxylic acids is 1. The summed E-state index contributed by atoms with van der Waals surface area (Å²) in [6.45, 7) is 2.05. The molecule has 1 aliphatic carbocycles. The largest absolute Gasteiger partial charge is 0.469 e. The Balaban J connectivity index is 1.83. The van der Waals surface area contributed by atoms with E-state index < -0.39 is 0 Å². The van der Waals surface area contributed by atoms with Crippen LogP contribution in [0.1, 0.15) is 39.7 Å². The molecule has 0 bridgehead atoms. The Morgan fingerprint density at radius 3 is 2.67 bits per heavy atom. The van der Waals surface area contributed by atoms with Gasteiger partial charge in [-0.3, -0.25) is 4.79 Å². The third-order valence-electron chi connectivity index (χ3n) is 4.59. The zero-order valence-electron chi connectivity index (χ0n) is 13.7. The molecular weight excluding hydrogens is 302 g/mol. The van der Waals surface area contributed by atoms with Gasteiger partial charge in [-0.05, 0) is 31.2 Å². The van der Waals surface area contributed by atoms with Crippen LogP contribution in [0, 0.1) is 6.92 Å². The molecule has 5 heteroatoms. The minimum absolute atomic E-state index is 0.0607. The van der Waals surface area contributed by atoms with Gasteiger partial charge in [-0.1, -0.05) is 17.7 Å². The Morgan fingerprint density at radius 2 is 2.00 bits per heavy atom. The van der Waals surface area contributed by atoms with Gasteiger partial charge in [0.05, 0.1) is 23.2 Å². The standard InChI is InChI=1S/C19H19N3O2/c1-12-5-7-14(8-6-12)22-15-10-13(17-4-3-9-24-17)11-16(23)18(15)19(20-2)21-22/h3-9,13H,10-11H2,1-2H3,(H,20,21)/t13-/m0/s1. The number of hydrogen-bond acceptors (Lipinski definition) is 4. The zero-order chi connectivity index (χ0) is 16.7. The third-order valence-corrected chi connectivity index (χ3v) is 4.59. The lowest BCUT2D eigenvalue weighted by atomic mass is 9.85. The summed E-state index contributed by atoms with van der Waals surface area (Å²) in [6.07, 6.45) is 2.84. The van der Waals surface area contributed by atoms with Gasteiger partial charge in [-0.15, -0.1) is 5.10 Å². The van der Waals surface area contributed by atoms with Crippen LogP contribution < -0.4 is 5.32 Å². The van der Waals surface area contributed by atoms with Crippen LogP contribution in [-0.2, 0) is 6.42 Å². The van der Waals surface area contributed by atoms with Gasteiger partial charge in [0.25, 0.3) is 0 Å². The molecule has 1 aromatic carbocycles. The smallest absolute Gasteiger partial charge is 0.169 e. The quantitative estimate of drug-likeness (QED) is 0.798. The summed E-state index contributed by atoms with van der Waals surface area (Å²) < 4.78 is 7.42. The number of benzene rings is 1. The maximum Gasteiger partial charge on any atom is 0.169 e. The van der Waals surface area contributed by atoms with Crippen LogP contribution in [0.3, 0.4) is 0 Å². The number of hydrogen-bond donors (Lipinski definition) is 1. The van der Waals surface area contributed by atoms with E-state index in [1.54, 1.807) is 13.3 Å². The number of anilines is 1. The molecule has 0 saturated heterocycles.